The Kier molecular flexibility index (Phi) is 6.66. The highest BCUT2D eigenvalue weighted by Gasteiger charge is 2.52. The van der Waals surface area contributed by atoms with Crippen LogP contribution in [0.2, 0.25) is 0 Å². The Balaban J connectivity index is 1.65. The van der Waals surface area contributed by atoms with Crippen molar-refractivity contribution >= 4 is 39.0 Å². The van der Waals surface area contributed by atoms with Crippen LogP contribution in [0.25, 0.3) is 0 Å². The fourth-order valence-corrected chi connectivity index (χ4v) is 7.34. The zero-order valence-electron chi connectivity index (χ0n) is 21.2. The quantitative estimate of drug-likeness (QED) is 0.524. The third kappa shape index (κ3) is 4.57. The highest BCUT2D eigenvalue weighted by molar-refractivity contribution is 7.89. The zero-order valence-corrected chi connectivity index (χ0v) is 22.1. The van der Waals surface area contributed by atoms with Crippen LogP contribution in [0.3, 0.4) is 0 Å². The Morgan fingerprint density at radius 3 is 2.32 bits per heavy atom. The first-order chi connectivity index (χ1) is 17.7. The molecule has 2 aromatic rings. The second-order valence-electron chi connectivity index (χ2n) is 10.4. The van der Waals surface area contributed by atoms with E-state index in [4.69, 9.17) is 0 Å². The summed E-state index contributed by atoms with van der Waals surface area (Å²) in [6.45, 7) is 0.494. The molecule has 3 N–H and O–H groups in total. The molecule has 9 nitrogen and oxygen atoms in total. The minimum Gasteiger partial charge on any atom is -0.480 e. The molecule has 0 saturated heterocycles. The number of sulfonamides is 1. The fourth-order valence-electron chi connectivity index (χ4n) is 5.73. The standard InChI is InChI=1S/C27H34N4O5S/c1-28-21-16-22-24(15-20(21)25(32)29-27(13-14-27)26(33)34)37(35,36)30(2)23(18-9-5-3-6-10-18)17-31(22)19-11-7-4-8-12-19/h4,7-8,11-12,15-16,18,23,28H,3,5-6,9-10,13-14,17H2,1-2H3,(H,29,32)(H,33,34)/t23-/m0/s1. The number of carbonyl (C=O) groups is 2. The van der Waals surface area contributed by atoms with Crippen LogP contribution in [0.5, 0.6) is 0 Å². The lowest BCUT2D eigenvalue weighted by Crippen LogP contribution is -2.46. The summed E-state index contributed by atoms with van der Waals surface area (Å²) < 4.78 is 29.7. The van der Waals surface area contributed by atoms with E-state index in [2.05, 4.69) is 10.6 Å². The number of hydrogen-bond acceptors (Lipinski definition) is 6. The summed E-state index contributed by atoms with van der Waals surface area (Å²) in [5.41, 5.74) is 0.628. The minimum atomic E-state index is -3.95. The van der Waals surface area contributed by atoms with E-state index >= 15 is 0 Å². The number of carbonyl (C=O) groups excluding carboxylic acids is 1. The molecule has 2 aromatic carbocycles. The summed E-state index contributed by atoms with van der Waals surface area (Å²) in [6, 6.07) is 12.6. The molecule has 2 fully saturated rings. The Morgan fingerprint density at radius 2 is 1.73 bits per heavy atom. The zero-order chi connectivity index (χ0) is 26.4. The van der Waals surface area contributed by atoms with Crippen molar-refractivity contribution < 1.29 is 23.1 Å². The van der Waals surface area contributed by atoms with Crippen LogP contribution in [0, 0.1) is 5.92 Å². The van der Waals surface area contributed by atoms with E-state index in [9.17, 15) is 23.1 Å². The first-order valence-electron chi connectivity index (χ1n) is 12.9. The molecule has 1 atom stereocenters. The normalized spacial score (nSPS) is 23.0. The Bertz CT molecular complexity index is 1300. The van der Waals surface area contributed by atoms with Crippen molar-refractivity contribution in [3.63, 3.8) is 0 Å². The molecule has 1 aliphatic heterocycles. The number of hydrogen-bond donors (Lipinski definition) is 3. The number of nitrogens with one attached hydrogen (secondary N) is 2. The van der Waals surface area contributed by atoms with Gasteiger partial charge in [-0.25, -0.2) is 13.2 Å². The number of carboxylic acids is 1. The maximum absolute atomic E-state index is 14.1. The van der Waals surface area contributed by atoms with E-state index in [0.29, 0.717) is 30.8 Å². The van der Waals surface area contributed by atoms with Crippen molar-refractivity contribution in [2.24, 2.45) is 5.92 Å². The van der Waals surface area contributed by atoms with Crippen molar-refractivity contribution in [1.29, 1.82) is 0 Å². The van der Waals surface area contributed by atoms with Crippen LogP contribution in [-0.2, 0) is 14.8 Å². The maximum atomic E-state index is 14.1. The molecule has 10 heteroatoms. The van der Waals surface area contributed by atoms with Gasteiger partial charge in [0.2, 0.25) is 10.0 Å². The van der Waals surface area contributed by atoms with E-state index in [1.54, 1.807) is 20.2 Å². The monoisotopic (exact) mass is 526 g/mol. The number of aliphatic carboxylic acids is 1. The van der Waals surface area contributed by atoms with Crippen molar-refractivity contribution in [3.05, 3.63) is 48.0 Å². The van der Waals surface area contributed by atoms with E-state index in [1.165, 1.54) is 16.8 Å². The molecule has 0 unspecified atom stereocenters. The molecular formula is C27H34N4O5S. The fraction of sp³-hybridized carbons (Fsp3) is 0.481. The summed E-state index contributed by atoms with van der Waals surface area (Å²) in [6.07, 6.45) is 6.01. The summed E-state index contributed by atoms with van der Waals surface area (Å²) in [5, 5.41) is 15.2. The van der Waals surface area contributed by atoms with Gasteiger partial charge in [-0.1, -0.05) is 37.5 Å². The van der Waals surface area contributed by atoms with E-state index in [1.807, 2.05) is 35.2 Å². The van der Waals surface area contributed by atoms with Crippen LogP contribution in [0.4, 0.5) is 17.1 Å². The molecule has 198 valence electrons. The Hall–Kier alpha value is -3.11. The van der Waals surface area contributed by atoms with Crippen LogP contribution < -0.4 is 15.5 Å². The number of benzene rings is 2. The van der Waals surface area contributed by atoms with Crippen molar-refractivity contribution in [3.8, 4) is 0 Å². The summed E-state index contributed by atoms with van der Waals surface area (Å²) >= 11 is 0. The van der Waals surface area contributed by atoms with Gasteiger partial charge >= 0.3 is 5.97 Å². The SMILES string of the molecule is CNc1cc2c(cc1C(=O)NC1(C(=O)O)CC1)S(=O)(=O)N(C)[C@H](C1CCCCC1)CN2c1ccccc1. The number of rotatable bonds is 6. The molecule has 1 amide bonds. The summed E-state index contributed by atoms with van der Waals surface area (Å²) in [4.78, 5) is 27.0. The lowest BCUT2D eigenvalue weighted by atomic mass is 9.83. The van der Waals surface area contributed by atoms with Gasteiger partial charge in [0.05, 0.1) is 11.3 Å². The second kappa shape index (κ2) is 9.64. The van der Waals surface area contributed by atoms with Crippen LogP contribution >= 0.6 is 0 Å². The van der Waals surface area contributed by atoms with Crippen molar-refractivity contribution in [1.82, 2.24) is 9.62 Å². The lowest BCUT2D eigenvalue weighted by Gasteiger charge is -2.36. The average Bonchev–Trinajstić information content (AvgIpc) is 3.70. The average molecular weight is 527 g/mol. The number of anilines is 3. The third-order valence-electron chi connectivity index (χ3n) is 8.17. The largest absolute Gasteiger partial charge is 0.480 e. The van der Waals surface area contributed by atoms with Crippen LogP contribution in [-0.4, -0.2) is 61.9 Å². The molecule has 0 radical (unpaired) electrons. The first-order valence-corrected chi connectivity index (χ1v) is 14.3. The molecule has 37 heavy (non-hydrogen) atoms. The molecule has 0 bridgehead atoms. The predicted molar refractivity (Wildman–Crippen MR) is 142 cm³/mol. The number of nitrogens with zero attached hydrogens (tertiary/aromatic N) is 2. The highest BCUT2D eigenvalue weighted by atomic mass is 32.2. The van der Waals surface area contributed by atoms with Gasteiger partial charge in [-0.15, -0.1) is 0 Å². The number of carboxylic acid groups (broad SMARTS) is 1. The number of amides is 1. The van der Waals surface area contributed by atoms with Crippen LogP contribution in [0.15, 0.2) is 47.4 Å². The number of likely N-dealkylation sites (N-methyl/N-ethyl adjacent to an activating group) is 1. The van der Waals surface area contributed by atoms with Gasteiger partial charge in [-0.3, -0.25) is 4.79 Å². The highest BCUT2D eigenvalue weighted by Crippen LogP contribution is 2.43. The molecular weight excluding hydrogens is 492 g/mol. The Morgan fingerprint density at radius 1 is 1.05 bits per heavy atom. The van der Waals surface area contributed by atoms with Crippen LogP contribution in [0.1, 0.15) is 55.3 Å². The van der Waals surface area contributed by atoms with Gasteiger partial charge in [0, 0.05) is 38.1 Å². The molecule has 0 aromatic heterocycles. The number of fused-ring (bicyclic) bond motifs is 1. The molecule has 2 aliphatic carbocycles. The van der Waals surface area contributed by atoms with Gasteiger partial charge in [0.1, 0.15) is 10.4 Å². The smallest absolute Gasteiger partial charge is 0.329 e. The maximum Gasteiger partial charge on any atom is 0.329 e. The third-order valence-corrected chi connectivity index (χ3v) is 10.1. The first kappa shape index (κ1) is 25.5. The molecule has 2 saturated carbocycles. The van der Waals surface area contributed by atoms with E-state index < -0.39 is 27.4 Å². The molecule has 5 rings (SSSR count). The molecule has 0 spiro atoms. The van der Waals surface area contributed by atoms with Gasteiger partial charge in [-0.2, -0.15) is 4.31 Å². The predicted octanol–water partition coefficient (Wildman–Crippen LogP) is 3.80. The second-order valence-corrected chi connectivity index (χ2v) is 12.4. The topological polar surface area (TPSA) is 119 Å². The van der Waals surface area contributed by atoms with Gasteiger partial charge in [0.15, 0.2) is 0 Å². The van der Waals surface area contributed by atoms with Gasteiger partial charge < -0.3 is 20.6 Å². The Labute approximate surface area is 217 Å². The lowest BCUT2D eigenvalue weighted by molar-refractivity contribution is -0.140. The molecule has 1 heterocycles. The minimum absolute atomic E-state index is 0.0430. The van der Waals surface area contributed by atoms with Crippen molar-refractivity contribution in [2.75, 3.05) is 30.9 Å². The molecule has 3 aliphatic rings. The summed E-state index contributed by atoms with van der Waals surface area (Å²) in [7, 11) is -0.649. The number of para-hydroxylation sites is 1. The van der Waals surface area contributed by atoms with Gasteiger partial charge in [0.25, 0.3) is 5.91 Å². The van der Waals surface area contributed by atoms with E-state index in [-0.39, 0.29) is 22.4 Å². The van der Waals surface area contributed by atoms with E-state index in [0.717, 1.165) is 31.4 Å². The summed E-state index contributed by atoms with van der Waals surface area (Å²) in [5.74, 6) is -1.45. The van der Waals surface area contributed by atoms with Gasteiger partial charge in [-0.05, 0) is 55.9 Å². The van der Waals surface area contributed by atoms with Crippen molar-refractivity contribution in [2.45, 2.75) is 61.4 Å².